The standard InChI is InChI=1S/C21H21ClN2O6S/c1-29-21(26)16-5-2-15(3-6-16)4-9-20(25)23-17-7-8-18(22)19(14-17)31(27,28)24-10-12-30-13-11-24/h2-9,14H,10-13H2,1H3,(H,23,25)/b9-4+. The lowest BCUT2D eigenvalue weighted by Gasteiger charge is -2.26. The van der Waals surface area contributed by atoms with Crippen LogP contribution in [0.3, 0.4) is 0 Å². The average Bonchev–Trinajstić information content (AvgIpc) is 2.79. The summed E-state index contributed by atoms with van der Waals surface area (Å²) in [6.07, 6.45) is 2.87. The summed E-state index contributed by atoms with van der Waals surface area (Å²) < 4.78 is 36.9. The van der Waals surface area contributed by atoms with E-state index in [0.717, 1.165) is 0 Å². The summed E-state index contributed by atoms with van der Waals surface area (Å²) in [5.74, 6) is -0.895. The number of nitrogens with zero attached hydrogens (tertiary/aromatic N) is 1. The van der Waals surface area contributed by atoms with Crippen LogP contribution in [-0.2, 0) is 24.3 Å². The van der Waals surface area contributed by atoms with Crippen LogP contribution in [0.15, 0.2) is 53.4 Å². The molecule has 0 atom stereocenters. The van der Waals surface area contributed by atoms with Crippen molar-refractivity contribution in [1.82, 2.24) is 4.31 Å². The number of anilines is 1. The molecule has 1 heterocycles. The smallest absolute Gasteiger partial charge is 0.337 e. The highest BCUT2D eigenvalue weighted by Gasteiger charge is 2.28. The van der Waals surface area contributed by atoms with Crippen molar-refractivity contribution in [2.45, 2.75) is 4.90 Å². The van der Waals surface area contributed by atoms with Crippen LogP contribution in [0.1, 0.15) is 15.9 Å². The van der Waals surface area contributed by atoms with Gasteiger partial charge in [-0.3, -0.25) is 4.79 Å². The molecular formula is C21H21ClN2O6S. The minimum atomic E-state index is -3.81. The van der Waals surface area contributed by atoms with E-state index in [-0.39, 0.29) is 23.0 Å². The van der Waals surface area contributed by atoms with Gasteiger partial charge in [-0.1, -0.05) is 23.7 Å². The minimum Gasteiger partial charge on any atom is -0.465 e. The van der Waals surface area contributed by atoms with Crippen molar-refractivity contribution < 1.29 is 27.5 Å². The van der Waals surface area contributed by atoms with Crippen LogP contribution in [-0.4, -0.2) is 58.0 Å². The molecule has 0 aliphatic carbocycles. The Morgan fingerprint density at radius 1 is 1.13 bits per heavy atom. The normalized spacial score (nSPS) is 15.0. The van der Waals surface area contributed by atoms with Gasteiger partial charge in [0.15, 0.2) is 0 Å². The summed E-state index contributed by atoms with van der Waals surface area (Å²) in [7, 11) is -2.50. The van der Waals surface area contributed by atoms with Gasteiger partial charge in [0.2, 0.25) is 15.9 Å². The van der Waals surface area contributed by atoms with E-state index in [1.807, 2.05) is 0 Å². The monoisotopic (exact) mass is 464 g/mol. The fourth-order valence-electron chi connectivity index (χ4n) is 2.91. The second-order valence-corrected chi connectivity index (χ2v) is 8.91. The van der Waals surface area contributed by atoms with Crippen LogP contribution in [0.5, 0.6) is 0 Å². The Bertz CT molecular complexity index is 1090. The molecule has 3 rings (SSSR count). The number of carbonyl (C=O) groups excluding carboxylic acids is 2. The van der Waals surface area contributed by atoms with Crippen molar-refractivity contribution in [2.24, 2.45) is 0 Å². The van der Waals surface area contributed by atoms with E-state index in [4.69, 9.17) is 16.3 Å². The summed E-state index contributed by atoms with van der Waals surface area (Å²) in [6, 6.07) is 10.8. The van der Waals surface area contributed by atoms with Crippen LogP contribution < -0.4 is 5.32 Å². The first-order chi connectivity index (χ1) is 14.8. The molecule has 0 radical (unpaired) electrons. The predicted octanol–water partition coefficient (Wildman–Crippen LogP) is 2.80. The van der Waals surface area contributed by atoms with Crippen LogP contribution in [0.25, 0.3) is 6.08 Å². The molecule has 0 aromatic heterocycles. The first kappa shape index (κ1) is 23.0. The minimum absolute atomic E-state index is 0.0729. The van der Waals surface area contributed by atoms with E-state index >= 15 is 0 Å². The SMILES string of the molecule is COC(=O)c1ccc(/C=C/C(=O)Nc2ccc(Cl)c(S(=O)(=O)N3CCOCC3)c2)cc1. The van der Waals surface area contributed by atoms with Gasteiger partial charge >= 0.3 is 5.97 Å². The zero-order valence-corrected chi connectivity index (χ0v) is 18.3. The van der Waals surface area contributed by atoms with Gasteiger partial charge in [-0.25, -0.2) is 13.2 Å². The second kappa shape index (κ2) is 10.1. The maximum absolute atomic E-state index is 12.9. The number of methoxy groups -OCH3 is 1. The van der Waals surface area contributed by atoms with Gasteiger partial charge in [0, 0.05) is 24.9 Å². The Morgan fingerprint density at radius 2 is 1.81 bits per heavy atom. The highest BCUT2D eigenvalue weighted by molar-refractivity contribution is 7.89. The number of hydrogen-bond donors (Lipinski definition) is 1. The van der Waals surface area contributed by atoms with Crippen LogP contribution in [0.4, 0.5) is 5.69 Å². The zero-order valence-electron chi connectivity index (χ0n) is 16.7. The quantitative estimate of drug-likeness (QED) is 0.521. The third-order valence-electron chi connectivity index (χ3n) is 4.55. The first-order valence-electron chi connectivity index (χ1n) is 9.36. The summed E-state index contributed by atoms with van der Waals surface area (Å²) in [5, 5.41) is 2.70. The van der Waals surface area contributed by atoms with Crippen molar-refractivity contribution in [2.75, 3.05) is 38.7 Å². The molecule has 1 saturated heterocycles. The molecule has 0 unspecified atom stereocenters. The summed E-state index contributed by atoms with van der Waals surface area (Å²) in [5.41, 5.74) is 1.40. The summed E-state index contributed by atoms with van der Waals surface area (Å²) in [6.45, 7) is 1.12. The topological polar surface area (TPSA) is 102 Å². The molecule has 0 saturated carbocycles. The lowest BCUT2D eigenvalue weighted by Crippen LogP contribution is -2.40. The van der Waals surface area contributed by atoms with Crippen molar-refractivity contribution >= 4 is 45.3 Å². The first-order valence-corrected chi connectivity index (χ1v) is 11.2. The number of hydrogen-bond acceptors (Lipinski definition) is 6. The van der Waals surface area contributed by atoms with Crippen molar-refractivity contribution in [1.29, 1.82) is 0 Å². The van der Waals surface area contributed by atoms with Gasteiger partial charge in [-0.15, -0.1) is 0 Å². The Kier molecular flexibility index (Phi) is 7.45. The molecule has 0 spiro atoms. The van der Waals surface area contributed by atoms with E-state index in [9.17, 15) is 18.0 Å². The van der Waals surface area contributed by atoms with E-state index < -0.39 is 21.9 Å². The highest BCUT2D eigenvalue weighted by Crippen LogP contribution is 2.28. The predicted molar refractivity (Wildman–Crippen MR) is 116 cm³/mol. The summed E-state index contributed by atoms with van der Waals surface area (Å²) >= 11 is 6.13. The van der Waals surface area contributed by atoms with E-state index in [0.29, 0.717) is 30.0 Å². The van der Waals surface area contributed by atoms with Gasteiger partial charge in [-0.2, -0.15) is 4.31 Å². The molecule has 2 aromatic rings. The molecule has 1 aliphatic heterocycles. The van der Waals surface area contributed by atoms with Crippen molar-refractivity contribution in [3.8, 4) is 0 Å². The molecule has 1 aliphatic rings. The van der Waals surface area contributed by atoms with Gasteiger partial charge in [0.1, 0.15) is 4.90 Å². The number of esters is 1. The number of benzene rings is 2. The Morgan fingerprint density at radius 3 is 2.45 bits per heavy atom. The molecule has 164 valence electrons. The maximum atomic E-state index is 12.9. The molecule has 8 nitrogen and oxygen atoms in total. The third-order valence-corrected chi connectivity index (χ3v) is 6.93. The van der Waals surface area contributed by atoms with Crippen molar-refractivity contribution in [3.63, 3.8) is 0 Å². The summed E-state index contributed by atoms with van der Waals surface area (Å²) in [4.78, 5) is 23.7. The molecule has 2 aromatic carbocycles. The van der Waals surface area contributed by atoms with Gasteiger partial charge in [0.25, 0.3) is 0 Å². The van der Waals surface area contributed by atoms with E-state index in [1.54, 1.807) is 30.3 Å². The number of carbonyl (C=O) groups is 2. The Hall–Kier alpha value is -2.72. The Labute approximate surface area is 185 Å². The lowest BCUT2D eigenvalue weighted by molar-refractivity contribution is -0.111. The van der Waals surface area contributed by atoms with Gasteiger partial charge in [0.05, 0.1) is 30.9 Å². The van der Waals surface area contributed by atoms with E-state index in [1.165, 1.54) is 35.7 Å². The molecule has 1 amide bonds. The van der Waals surface area contributed by atoms with Gasteiger partial charge in [-0.05, 0) is 42.0 Å². The third kappa shape index (κ3) is 5.71. The van der Waals surface area contributed by atoms with Crippen molar-refractivity contribution in [3.05, 3.63) is 64.7 Å². The van der Waals surface area contributed by atoms with E-state index in [2.05, 4.69) is 10.1 Å². The average molecular weight is 465 g/mol. The number of nitrogens with one attached hydrogen (secondary N) is 1. The largest absolute Gasteiger partial charge is 0.465 e. The number of halogens is 1. The molecule has 1 N–H and O–H groups in total. The zero-order chi connectivity index (χ0) is 22.4. The Balaban J connectivity index is 1.71. The second-order valence-electron chi connectivity index (χ2n) is 6.60. The van der Waals surface area contributed by atoms with Crippen LogP contribution >= 0.6 is 11.6 Å². The number of sulfonamides is 1. The number of amides is 1. The number of ether oxygens (including phenoxy) is 2. The van der Waals surface area contributed by atoms with Crippen LogP contribution in [0, 0.1) is 0 Å². The molecule has 1 fully saturated rings. The number of rotatable bonds is 6. The molecule has 0 bridgehead atoms. The fraction of sp³-hybridized carbons (Fsp3) is 0.238. The molecule has 31 heavy (non-hydrogen) atoms. The maximum Gasteiger partial charge on any atom is 0.337 e. The number of morpholine rings is 1. The van der Waals surface area contributed by atoms with Crippen LogP contribution in [0.2, 0.25) is 5.02 Å². The lowest BCUT2D eigenvalue weighted by atomic mass is 10.1. The molecular weight excluding hydrogens is 444 g/mol. The fourth-order valence-corrected chi connectivity index (χ4v) is 4.82. The highest BCUT2D eigenvalue weighted by atomic mass is 35.5. The molecule has 10 heteroatoms. The van der Waals surface area contributed by atoms with Gasteiger partial charge < -0.3 is 14.8 Å².